The Balaban J connectivity index is 0.000000711. The van der Waals surface area contributed by atoms with Crippen LogP contribution in [0.15, 0.2) is 48.7 Å². The maximum Gasteiger partial charge on any atom is 0.124 e. The van der Waals surface area contributed by atoms with E-state index in [1.165, 1.54) is 0 Å². The first-order chi connectivity index (χ1) is 7.38. The van der Waals surface area contributed by atoms with Gasteiger partial charge in [0.05, 0.1) is 5.69 Å². The zero-order valence-electron chi connectivity index (χ0n) is 8.38. The molecule has 1 heterocycles. The van der Waals surface area contributed by atoms with E-state index in [2.05, 4.69) is 11.8 Å². The van der Waals surface area contributed by atoms with Gasteiger partial charge in [0, 0.05) is 32.2 Å². The quantitative estimate of drug-likeness (QED) is 0.604. The topological polar surface area (TPSA) is 50.2 Å². The fourth-order valence-electron chi connectivity index (χ4n) is 1.21. The van der Waals surface area contributed by atoms with Crippen LogP contribution in [0.5, 0.6) is 5.75 Å². The van der Waals surface area contributed by atoms with Crippen LogP contribution in [-0.2, 0) is 25.2 Å². The van der Waals surface area contributed by atoms with E-state index in [0.29, 0.717) is 0 Å². The molecule has 16 heavy (non-hydrogen) atoms. The standard InChI is InChI=1S/C11H9NO.CHO.Re/c13-11-7-2-1-5-9(11)10-6-3-4-8-12-10;1-2;/h1-8,13H;1H;/q;-1;. The summed E-state index contributed by atoms with van der Waals surface area (Å²) < 4.78 is 0. The second kappa shape index (κ2) is 7.75. The average molecular weight is 386 g/mol. The van der Waals surface area contributed by atoms with Crippen LogP contribution >= 0.6 is 0 Å². The van der Waals surface area contributed by atoms with E-state index in [9.17, 15) is 5.11 Å². The summed E-state index contributed by atoms with van der Waals surface area (Å²) in [5.41, 5.74) is 1.56. The third-order valence-corrected chi connectivity index (χ3v) is 1.84. The van der Waals surface area contributed by atoms with Gasteiger partial charge in [0.25, 0.3) is 0 Å². The molecule has 2 rings (SSSR count). The monoisotopic (exact) mass is 387 g/mol. The molecule has 1 N–H and O–H groups in total. The first-order valence-electron chi connectivity index (χ1n) is 4.31. The van der Waals surface area contributed by atoms with E-state index < -0.39 is 0 Å². The number of pyridine rings is 1. The van der Waals surface area contributed by atoms with Gasteiger partial charge in [-0.05, 0) is 24.3 Å². The van der Waals surface area contributed by atoms with Crippen LogP contribution in [0.2, 0.25) is 0 Å². The predicted octanol–water partition coefficient (Wildman–Crippen LogP) is 2.18. The summed E-state index contributed by atoms with van der Waals surface area (Å²) in [6.07, 6.45) is 1.71. The van der Waals surface area contributed by atoms with Crippen LogP contribution in [-0.4, -0.2) is 16.9 Å². The van der Waals surface area contributed by atoms with E-state index >= 15 is 0 Å². The van der Waals surface area contributed by atoms with Crippen molar-refractivity contribution >= 4 is 6.79 Å². The fourth-order valence-corrected chi connectivity index (χ4v) is 1.21. The van der Waals surface area contributed by atoms with Crippen molar-refractivity contribution in [1.82, 2.24) is 4.98 Å². The Hall–Kier alpha value is -1.50. The molecule has 0 saturated heterocycles. The van der Waals surface area contributed by atoms with Gasteiger partial charge in [-0.1, -0.05) is 18.2 Å². The summed E-state index contributed by atoms with van der Waals surface area (Å²) in [5.74, 6) is 0.265. The van der Waals surface area contributed by atoms with Crippen molar-refractivity contribution in [3.05, 3.63) is 48.7 Å². The molecule has 1 aromatic heterocycles. The number of phenolic OH excluding ortho intramolecular Hbond substituents is 1. The number of aromatic hydroxyl groups is 1. The molecule has 0 spiro atoms. The second-order valence-corrected chi connectivity index (χ2v) is 2.73. The van der Waals surface area contributed by atoms with Gasteiger partial charge in [-0.3, -0.25) is 11.8 Å². The van der Waals surface area contributed by atoms with Crippen LogP contribution in [0.3, 0.4) is 0 Å². The zero-order valence-corrected chi connectivity index (χ0v) is 11.1. The molecular formula is C12H10NO2Re-. The molecule has 3 nitrogen and oxygen atoms in total. The van der Waals surface area contributed by atoms with E-state index in [-0.39, 0.29) is 26.2 Å². The molecule has 0 aliphatic heterocycles. The summed E-state index contributed by atoms with van der Waals surface area (Å²) in [7, 11) is 0. The maximum atomic E-state index is 9.52. The Bertz CT molecular complexity index is 420. The molecule has 0 bridgehead atoms. The summed E-state index contributed by atoms with van der Waals surface area (Å²) in [6.45, 7) is 3.25. The van der Waals surface area contributed by atoms with E-state index in [0.717, 1.165) is 11.3 Å². The molecule has 0 fully saturated rings. The van der Waals surface area contributed by atoms with Crippen molar-refractivity contribution in [2.24, 2.45) is 0 Å². The smallest absolute Gasteiger partial charge is 0.124 e. The molecule has 4 heteroatoms. The van der Waals surface area contributed by atoms with Crippen LogP contribution < -0.4 is 0 Å². The Morgan fingerprint density at radius 2 is 1.62 bits per heavy atom. The average Bonchev–Trinajstić information content (AvgIpc) is 2.33. The number of phenols is 1. The minimum absolute atomic E-state index is 0. The van der Waals surface area contributed by atoms with Crippen molar-refractivity contribution in [2.75, 3.05) is 0 Å². The molecular weight excluding hydrogens is 376 g/mol. The number of rotatable bonds is 1. The largest absolute Gasteiger partial charge is 0.545 e. The molecule has 0 amide bonds. The zero-order chi connectivity index (χ0) is 11.1. The van der Waals surface area contributed by atoms with Crippen LogP contribution in [0.1, 0.15) is 0 Å². The second-order valence-electron chi connectivity index (χ2n) is 2.73. The van der Waals surface area contributed by atoms with Gasteiger partial charge in [-0.25, -0.2) is 0 Å². The van der Waals surface area contributed by atoms with Gasteiger partial charge >= 0.3 is 0 Å². The summed E-state index contributed by atoms with van der Waals surface area (Å²) >= 11 is 0. The molecule has 0 unspecified atom stereocenters. The third-order valence-electron chi connectivity index (χ3n) is 1.84. The van der Waals surface area contributed by atoms with E-state index in [1.54, 1.807) is 18.3 Å². The first kappa shape index (κ1) is 14.5. The molecule has 0 aliphatic rings. The SMILES string of the molecule is Oc1ccccc1-c1ccccn1.[CH-]=O.[Re]. The molecule has 0 saturated carbocycles. The first-order valence-corrected chi connectivity index (χ1v) is 4.31. The van der Waals surface area contributed by atoms with Gasteiger partial charge in [-0.2, -0.15) is 0 Å². The summed E-state index contributed by atoms with van der Waals surface area (Å²) in [5, 5.41) is 9.52. The maximum absolute atomic E-state index is 9.52. The Kier molecular flexibility index (Phi) is 7.02. The van der Waals surface area contributed by atoms with Crippen molar-refractivity contribution in [3.63, 3.8) is 0 Å². The summed E-state index contributed by atoms with van der Waals surface area (Å²) in [4.78, 5) is 11.9. The number of carbonyl (C=O) groups excluding carboxylic acids is 1. The normalized spacial score (nSPS) is 8.25. The predicted molar refractivity (Wildman–Crippen MR) is 58.1 cm³/mol. The van der Waals surface area contributed by atoms with Crippen molar-refractivity contribution in [2.45, 2.75) is 0 Å². The van der Waals surface area contributed by atoms with Crippen molar-refractivity contribution in [3.8, 4) is 17.0 Å². The van der Waals surface area contributed by atoms with Gasteiger partial charge in [0.15, 0.2) is 0 Å². The molecule has 0 atom stereocenters. The number of para-hydroxylation sites is 1. The number of nitrogens with zero attached hydrogens (tertiary/aromatic N) is 1. The molecule has 2 aromatic rings. The van der Waals surface area contributed by atoms with Gasteiger partial charge in [0.2, 0.25) is 0 Å². The van der Waals surface area contributed by atoms with Gasteiger partial charge in [0.1, 0.15) is 5.75 Å². The fraction of sp³-hybridized carbons (Fsp3) is 0. The minimum atomic E-state index is 0. The Morgan fingerprint density at radius 3 is 2.19 bits per heavy atom. The van der Waals surface area contributed by atoms with Gasteiger partial charge in [-0.15, -0.1) is 0 Å². The Morgan fingerprint density at radius 1 is 1.00 bits per heavy atom. The van der Waals surface area contributed by atoms with Crippen LogP contribution in [0.25, 0.3) is 11.3 Å². The Labute approximate surface area is 108 Å². The van der Waals surface area contributed by atoms with Gasteiger partial charge < -0.3 is 9.90 Å². The number of hydrogen-bond acceptors (Lipinski definition) is 3. The number of aromatic nitrogens is 1. The minimum Gasteiger partial charge on any atom is -0.545 e. The molecule has 1 aromatic carbocycles. The third kappa shape index (κ3) is 3.58. The van der Waals surface area contributed by atoms with E-state index in [1.807, 2.05) is 30.3 Å². The van der Waals surface area contributed by atoms with E-state index in [4.69, 9.17) is 4.79 Å². The van der Waals surface area contributed by atoms with Crippen LogP contribution in [0.4, 0.5) is 0 Å². The number of benzene rings is 1. The molecule has 0 aliphatic carbocycles. The molecule has 1 radical (unpaired) electrons. The van der Waals surface area contributed by atoms with Crippen molar-refractivity contribution in [1.29, 1.82) is 0 Å². The number of hydrogen-bond donors (Lipinski definition) is 1. The van der Waals surface area contributed by atoms with Crippen molar-refractivity contribution < 1.29 is 30.3 Å². The summed E-state index contributed by atoms with van der Waals surface area (Å²) in [6, 6.07) is 12.8. The van der Waals surface area contributed by atoms with Crippen LogP contribution in [0, 0.1) is 0 Å². The molecule has 83 valence electrons.